The molecule has 1 rings (SSSR count). The molecule has 3 N–H and O–H groups in total. The Kier molecular flexibility index (Phi) is 3.52. The van der Waals surface area contributed by atoms with E-state index in [1.807, 2.05) is 0 Å². The van der Waals surface area contributed by atoms with Crippen molar-refractivity contribution >= 4 is 5.82 Å². The van der Waals surface area contributed by atoms with Gasteiger partial charge in [-0.15, -0.1) is 0 Å². The number of aliphatic hydroxyl groups excluding tert-OH is 1. The van der Waals surface area contributed by atoms with E-state index in [2.05, 4.69) is 4.98 Å². The number of nitrogen functional groups attached to an aromatic ring is 1. The largest absolute Gasteiger partial charge is 0.389 e. The Balaban J connectivity index is 2.62. The van der Waals surface area contributed by atoms with E-state index >= 15 is 0 Å². The predicted octanol–water partition coefficient (Wildman–Crippen LogP) is 2.04. The Labute approximate surface area is 84.7 Å². The van der Waals surface area contributed by atoms with Crippen LogP contribution in [0.5, 0.6) is 0 Å². The van der Waals surface area contributed by atoms with Crippen LogP contribution in [0.25, 0.3) is 0 Å². The normalized spacial score (nSPS) is 13.9. The summed E-state index contributed by atoms with van der Waals surface area (Å²) in [6.45, 7) is 0. The molecule has 0 spiro atoms. The van der Waals surface area contributed by atoms with E-state index in [4.69, 9.17) is 5.73 Å². The second kappa shape index (κ2) is 4.48. The van der Waals surface area contributed by atoms with Gasteiger partial charge in [0.1, 0.15) is 5.82 Å². The molecule has 1 unspecified atom stereocenters. The molecule has 0 saturated heterocycles. The third-order valence-electron chi connectivity index (χ3n) is 1.93. The number of nitrogens with two attached hydrogens (primary N) is 1. The van der Waals surface area contributed by atoms with Crippen molar-refractivity contribution in [2.75, 3.05) is 5.73 Å². The maximum Gasteiger partial charge on any atom is 0.389 e. The van der Waals surface area contributed by atoms with E-state index in [0.29, 0.717) is 0 Å². The van der Waals surface area contributed by atoms with E-state index in [1.54, 1.807) is 0 Å². The lowest BCUT2D eigenvalue weighted by Crippen LogP contribution is -2.11. The maximum atomic E-state index is 11.9. The fraction of sp³-hybridized carbons (Fsp3) is 0.444. The van der Waals surface area contributed by atoms with Crippen LogP contribution in [0.4, 0.5) is 19.0 Å². The summed E-state index contributed by atoms with van der Waals surface area (Å²) in [7, 11) is 0. The Morgan fingerprint density at radius 1 is 1.47 bits per heavy atom. The van der Waals surface area contributed by atoms with Gasteiger partial charge < -0.3 is 10.8 Å². The average molecular weight is 220 g/mol. The van der Waals surface area contributed by atoms with Gasteiger partial charge in [0.15, 0.2) is 0 Å². The number of anilines is 1. The third kappa shape index (κ3) is 3.75. The van der Waals surface area contributed by atoms with Crippen LogP contribution in [0.3, 0.4) is 0 Å². The molecule has 1 aromatic rings. The number of aliphatic hydroxyl groups is 1. The average Bonchev–Trinajstić information content (AvgIpc) is 2.14. The molecule has 0 amide bonds. The van der Waals surface area contributed by atoms with Crippen molar-refractivity contribution in [2.45, 2.75) is 25.1 Å². The highest BCUT2D eigenvalue weighted by Gasteiger charge is 2.28. The minimum atomic E-state index is -4.27. The van der Waals surface area contributed by atoms with E-state index in [0.717, 1.165) is 0 Å². The van der Waals surface area contributed by atoms with Gasteiger partial charge in [0.2, 0.25) is 0 Å². The number of hydrogen-bond donors (Lipinski definition) is 2. The standard InChI is InChI=1S/C9H11F3N2O/c10-9(11,12)4-3-7(15)6-2-1-5-14-8(6)13/h1-2,5,7,15H,3-4H2,(H2,13,14). The van der Waals surface area contributed by atoms with E-state index in [1.165, 1.54) is 18.3 Å². The van der Waals surface area contributed by atoms with Crippen LogP contribution in [-0.2, 0) is 0 Å². The van der Waals surface area contributed by atoms with E-state index < -0.39 is 25.1 Å². The van der Waals surface area contributed by atoms with Crippen molar-refractivity contribution < 1.29 is 18.3 Å². The summed E-state index contributed by atoms with van der Waals surface area (Å²) in [4.78, 5) is 3.68. The highest BCUT2D eigenvalue weighted by molar-refractivity contribution is 5.39. The van der Waals surface area contributed by atoms with Crippen molar-refractivity contribution in [2.24, 2.45) is 0 Å². The number of hydrogen-bond acceptors (Lipinski definition) is 3. The molecule has 84 valence electrons. The summed E-state index contributed by atoms with van der Waals surface area (Å²) < 4.78 is 35.6. The molecule has 0 aromatic carbocycles. The zero-order valence-electron chi connectivity index (χ0n) is 7.83. The second-order valence-electron chi connectivity index (χ2n) is 3.15. The van der Waals surface area contributed by atoms with Gasteiger partial charge in [-0.25, -0.2) is 4.98 Å². The molecule has 0 aliphatic carbocycles. The summed E-state index contributed by atoms with van der Waals surface area (Å²) in [6.07, 6.45) is -5.52. The van der Waals surface area contributed by atoms with Crippen LogP contribution in [0.2, 0.25) is 0 Å². The molecule has 0 aliphatic rings. The summed E-state index contributed by atoms with van der Waals surface area (Å²) in [5.74, 6) is 0.0622. The van der Waals surface area contributed by atoms with Crippen molar-refractivity contribution in [1.29, 1.82) is 0 Å². The van der Waals surface area contributed by atoms with Gasteiger partial charge in [-0.05, 0) is 12.5 Å². The molecule has 15 heavy (non-hydrogen) atoms. The molecule has 0 aliphatic heterocycles. The minimum absolute atomic E-state index is 0.0622. The molecule has 1 aromatic heterocycles. The molecule has 1 heterocycles. The van der Waals surface area contributed by atoms with Gasteiger partial charge in [-0.1, -0.05) is 6.07 Å². The quantitative estimate of drug-likeness (QED) is 0.819. The number of halogens is 3. The SMILES string of the molecule is Nc1ncccc1C(O)CCC(F)(F)F. The fourth-order valence-corrected chi connectivity index (χ4v) is 1.17. The Hall–Kier alpha value is -1.30. The first kappa shape index (κ1) is 11.8. The van der Waals surface area contributed by atoms with Gasteiger partial charge in [0, 0.05) is 18.2 Å². The fourth-order valence-electron chi connectivity index (χ4n) is 1.17. The zero-order valence-corrected chi connectivity index (χ0v) is 7.83. The smallest absolute Gasteiger partial charge is 0.388 e. The van der Waals surface area contributed by atoms with Gasteiger partial charge in [-0.3, -0.25) is 0 Å². The number of alkyl halides is 3. The van der Waals surface area contributed by atoms with Crippen LogP contribution in [0.1, 0.15) is 24.5 Å². The van der Waals surface area contributed by atoms with Crippen molar-refractivity contribution in [3.05, 3.63) is 23.9 Å². The first-order chi connectivity index (χ1) is 6.90. The van der Waals surface area contributed by atoms with Crippen molar-refractivity contribution in [3.63, 3.8) is 0 Å². The van der Waals surface area contributed by atoms with Crippen molar-refractivity contribution in [3.8, 4) is 0 Å². The van der Waals surface area contributed by atoms with Crippen LogP contribution in [-0.4, -0.2) is 16.3 Å². The number of pyridine rings is 1. The maximum absolute atomic E-state index is 11.9. The number of nitrogens with zero attached hydrogens (tertiary/aromatic N) is 1. The molecule has 0 radical (unpaired) electrons. The van der Waals surface area contributed by atoms with E-state index in [9.17, 15) is 18.3 Å². The predicted molar refractivity (Wildman–Crippen MR) is 48.9 cm³/mol. The molecule has 3 nitrogen and oxygen atoms in total. The van der Waals surface area contributed by atoms with Gasteiger partial charge in [-0.2, -0.15) is 13.2 Å². The van der Waals surface area contributed by atoms with Crippen LogP contribution in [0, 0.1) is 0 Å². The molecule has 0 bridgehead atoms. The summed E-state index contributed by atoms with van der Waals surface area (Å²) >= 11 is 0. The number of rotatable bonds is 3. The highest BCUT2D eigenvalue weighted by atomic mass is 19.4. The van der Waals surface area contributed by atoms with Gasteiger partial charge in [0.25, 0.3) is 0 Å². The Morgan fingerprint density at radius 2 is 2.13 bits per heavy atom. The molecule has 0 fully saturated rings. The first-order valence-corrected chi connectivity index (χ1v) is 4.35. The monoisotopic (exact) mass is 220 g/mol. The molecule has 0 saturated carbocycles. The van der Waals surface area contributed by atoms with E-state index in [-0.39, 0.29) is 11.4 Å². The van der Waals surface area contributed by atoms with Crippen LogP contribution >= 0.6 is 0 Å². The Bertz CT molecular complexity index is 327. The molecule has 6 heteroatoms. The summed E-state index contributed by atoms with van der Waals surface area (Å²) in [5, 5.41) is 9.44. The summed E-state index contributed by atoms with van der Waals surface area (Å²) in [5.41, 5.74) is 5.65. The first-order valence-electron chi connectivity index (χ1n) is 4.35. The van der Waals surface area contributed by atoms with Crippen molar-refractivity contribution in [1.82, 2.24) is 4.98 Å². The zero-order chi connectivity index (χ0) is 11.5. The number of aromatic nitrogens is 1. The van der Waals surface area contributed by atoms with Gasteiger partial charge >= 0.3 is 6.18 Å². The highest BCUT2D eigenvalue weighted by Crippen LogP contribution is 2.28. The molecular formula is C9H11F3N2O. The third-order valence-corrected chi connectivity index (χ3v) is 1.93. The van der Waals surface area contributed by atoms with Gasteiger partial charge in [0.05, 0.1) is 6.10 Å². The lowest BCUT2D eigenvalue weighted by Gasteiger charge is -2.13. The molecular weight excluding hydrogens is 209 g/mol. The second-order valence-corrected chi connectivity index (χ2v) is 3.15. The lowest BCUT2D eigenvalue weighted by atomic mass is 10.1. The Morgan fingerprint density at radius 3 is 2.67 bits per heavy atom. The summed E-state index contributed by atoms with van der Waals surface area (Å²) in [6, 6.07) is 2.98. The van der Waals surface area contributed by atoms with Crippen LogP contribution < -0.4 is 5.73 Å². The lowest BCUT2D eigenvalue weighted by molar-refractivity contribution is -0.140. The molecule has 1 atom stereocenters. The topological polar surface area (TPSA) is 59.1 Å². The van der Waals surface area contributed by atoms with Crippen LogP contribution in [0.15, 0.2) is 18.3 Å². The minimum Gasteiger partial charge on any atom is -0.388 e.